The van der Waals surface area contributed by atoms with Crippen LogP contribution >= 0.6 is 0 Å². The van der Waals surface area contributed by atoms with Crippen molar-refractivity contribution in [1.82, 2.24) is 5.32 Å². The Kier molecular flexibility index (Phi) is 12.7. The number of nitrogens with one attached hydrogen (secondary N) is 1. The van der Waals surface area contributed by atoms with Crippen molar-refractivity contribution in [2.24, 2.45) is 5.73 Å². The zero-order valence-electron chi connectivity index (χ0n) is 18.4. The predicted molar refractivity (Wildman–Crippen MR) is 108 cm³/mol. The van der Waals surface area contributed by atoms with E-state index in [0.717, 1.165) is 6.42 Å². The van der Waals surface area contributed by atoms with Gasteiger partial charge in [0.25, 0.3) is 0 Å². The molecule has 1 saturated heterocycles. The Bertz CT molecular complexity index is 599. The number of rotatable bonds is 13. The Hall–Kier alpha value is -2.24. The molecule has 11 nitrogen and oxygen atoms in total. The minimum atomic E-state index is -0.933. The Morgan fingerprint density at radius 3 is 2.32 bits per heavy atom. The SMILES string of the molecule is CC(=O)OCC1OC(OCCCCC(=O)NCCCN)CC(OC(C)=O)C1OC(C)=O. The van der Waals surface area contributed by atoms with E-state index in [0.29, 0.717) is 39.0 Å². The number of carbonyl (C=O) groups is 4. The lowest BCUT2D eigenvalue weighted by Gasteiger charge is -2.39. The van der Waals surface area contributed by atoms with Crippen molar-refractivity contribution in [1.29, 1.82) is 0 Å². The van der Waals surface area contributed by atoms with Crippen molar-refractivity contribution >= 4 is 23.8 Å². The Morgan fingerprint density at radius 1 is 1.00 bits per heavy atom. The molecule has 31 heavy (non-hydrogen) atoms. The van der Waals surface area contributed by atoms with Crippen molar-refractivity contribution in [2.45, 2.75) is 77.5 Å². The standard InChI is InChI=1S/C20H34N2O9/c1-13(23)28-12-17-20(30-15(3)25)16(29-14(2)24)11-19(31-17)27-10-5-4-7-18(26)22-9-6-8-21/h16-17,19-20H,4-12,21H2,1-3H3,(H,22,26). The lowest BCUT2D eigenvalue weighted by molar-refractivity contribution is -0.266. The first kappa shape index (κ1) is 26.8. The Labute approximate surface area is 182 Å². The average molecular weight is 446 g/mol. The summed E-state index contributed by atoms with van der Waals surface area (Å²) in [4.78, 5) is 45.9. The van der Waals surface area contributed by atoms with Crippen LogP contribution in [0.2, 0.25) is 0 Å². The van der Waals surface area contributed by atoms with E-state index in [1.807, 2.05) is 0 Å². The molecule has 0 aliphatic carbocycles. The molecule has 4 unspecified atom stereocenters. The Morgan fingerprint density at radius 2 is 1.71 bits per heavy atom. The van der Waals surface area contributed by atoms with Gasteiger partial charge in [-0.1, -0.05) is 0 Å². The molecule has 1 rings (SSSR count). The van der Waals surface area contributed by atoms with Crippen LogP contribution in [0, 0.1) is 0 Å². The van der Waals surface area contributed by atoms with Gasteiger partial charge in [0.2, 0.25) is 5.91 Å². The third kappa shape index (κ3) is 11.7. The van der Waals surface area contributed by atoms with Crippen LogP contribution in [-0.2, 0) is 42.9 Å². The van der Waals surface area contributed by atoms with E-state index in [2.05, 4.69) is 5.32 Å². The van der Waals surface area contributed by atoms with Gasteiger partial charge < -0.3 is 34.7 Å². The fourth-order valence-corrected chi connectivity index (χ4v) is 3.02. The minimum Gasteiger partial charge on any atom is -0.463 e. The molecule has 11 heteroatoms. The fraction of sp³-hybridized carbons (Fsp3) is 0.800. The molecule has 1 aliphatic rings. The molecular weight excluding hydrogens is 412 g/mol. The van der Waals surface area contributed by atoms with Crippen LogP contribution in [0.25, 0.3) is 0 Å². The van der Waals surface area contributed by atoms with Crippen LogP contribution in [0.5, 0.6) is 0 Å². The van der Waals surface area contributed by atoms with Crippen molar-refractivity contribution in [3.8, 4) is 0 Å². The monoisotopic (exact) mass is 446 g/mol. The second-order valence-corrected chi connectivity index (χ2v) is 7.18. The van der Waals surface area contributed by atoms with E-state index in [-0.39, 0.29) is 18.9 Å². The maximum Gasteiger partial charge on any atom is 0.303 e. The summed E-state index contributed by atoms with van der Waals surface area (Å²) in [5, 5.41) is 2.78. The lowest BCUT2D eigenvalue weighted by atomic mass is 10.0. The van der Waals surface area contributed by atoms with Crippen LogP contribution in [0.15, 0.2) is 0 Å². The summed E-state index contributed by atoms with van der Waals surface area (Å²) in [5.41, 5.74) is 5.38. The van der Waals surface area contributed by atoms with Crippen LogP contribution in [0.4, 0.5) is 0 Å². The lowest BCUT2D eigenvalue weighted by Crippen LogP contribution is -2.54. The molecule has 178 valence electrons. The zero-order valence-corrected chi connectivity index (χ0v) is 18.4. The number of nitrogens with two attached hydrogens (primary N) is 1. The van der Waals surface area contributed by atoms with E-state index in [4.69, 9.17) is 29.4 Å². The molecule has 1 amide bonds. The van der Waals surface area contributed by atoms with Gasteiger partial charge >= 0.3 is 17.9 Å². The molecule has 0 aromatic rings. The molecule has 0 bridgehead atoms. The molecule has 0 aromatic heterocycles. The van der Waals surface area contributed by atoms with E-state index in [1.54, 1.807) is 0 Å². The molecule has 1 aliphatic heterocycles. The highest BCUT2D eigenvalue weighted by molar-refractivity contribution is 5.75. The smallest absolute Gasteiger partial charge is 0.303 e. The first-order valence-electron chi connectivity index (χ1n) is 10.4. The normalized spacial score (nSPS) is 23.0. The van der Waals surface area contributed by atoms with E-state index < -0.39 is 42.5 Å². The van der Waals surface area contributed by atoms with Crippen molar-refractivity contribution in [2.75, 3.05) is 26.3 Å². The van der Waals surface area contributed by atoms with Gasteiger partial charge in [0.15, 0.2) is 12.4 Å². The average Bonchev–Trinajstić information content (AvgIpc) is 2.67. The van der Waals surface area contributed by atoms with Gasteiger partial charge in [-0.3, -0.25) is 19.2 Å². The topological polar surface area (TPSA) is 152 Å². The zero-order chi connectivity index (χ0) is 23.2. The maximum atomic E-state index is 11.7. The number of hydrogen-bond donors (Lipinski definition) is 2. The van der Waals surface area contributed by atoms with Gasteiger partial charge in [0.05, 0.1) is 0 Å². The number of ether oxygens (including phenoxy) is 5. The quantitative estimate of drug-likeness (QED) is 0.228. The third-order valence-electron chi connectivity index (χ3n) is 4.36. The van der Waals surface area contributed by atoms with Gasteiger partial charge in [-0.25, -0.2) is 0 Å². The minimum absolute atomic E-state index is 0.0389. The van der Waals surface area contributed by atoms with Gasteiger partial charge in [0.1, 0.15) is 18.8 Å². The largest absolute Gasteiger partial charge is 0.463 e. The summed E-state index contributed by atoms with van der Waals surface area (Å²) in [5.74, 6) is -1.69. The summed E-state index contributed by atoms with van der Waals surface area (Å²) in [6.45, 7) is 4.93. The Balaban J connectivity index is 2.57. The molecule has 0 radical (unpaired) electrons. The van der Waals surface area contributed by atoms with Crippen LogP contribution in [-0.4, -0.2) is 74.7 Å². The third-order valence-corrected chi connectivity index (χ3v) is 4.36. The van der Waals surface area contributed by atoms with E-state index in [1.165, 1.54) is 20.8 Å². The summed E-state index contributed by atoms with van der Waals surface area (Å²) in [6, 6.07) is 0. The van der Waals surface area contributed by atoms with Crippen molar-refractivity contribution in [3.63, 3.8) is 0 Å². The summed E-state index contributed by atoms with van der Waals surface area (Å²) in [6.07, 6.45) is -0.856. The molecule has 4 atom stereocenters. The molecule has 0 saturated carbocycles. The van der Waals surface area contributed by atoms with Crippen LogP contribution < -0.4 is 11.1 Å². The highest BCUT2D eigenvalue weighted by Crippen LogP contribution is 2.27. The van der Waals surface area contributed by atoms with Gasteiger partial charge in [-0.05, 0) is 25.8 Å². The highest BCUT2D eigenvalue weighted by atomic mass is 16.7. The number of unbranched alkanes of at least 4 members (excludes halogenated alkanes) is 1. The van der Waals surface area contributed by atoms with Crippen LogP contribution in [0.3, 0.4) is 0 Å². The maximum absolute atomic E-state index is 11.7. The van der Waals surface area contributed by atoms with Gasteiger partial charge in [-0.15, -0.1) is 0 Å². The summed E-state index contributed by atoms with van der Waals surface area (Å²) in [7, 11) is 0. The summed E-state index contributed by atoms with van der Waals surface area (Å²) < 4.78 is 27.1. The number of hydrogen-bond acceptors (Lipinski definition) is 10. The molecule has 1 heterocycles. The number of amides is 1. The molecular formula is C20H34N2O9. The van der Waals surface area contributed by atoms with Gasteiger partial charge in [0, 0.05) is 46.8 Å². The van der Waals surface area contributed by atoms with Crippen molar-refractivity contribution in [3.05, 3.63) is 0 Å². The molecule has 0 spiro atoms. The number of esters is 3. The first-order valence-corrected chi connectivity index (χ1v) is 10.4. The van der Waals surface area contributed by atoms with Crippen molar-refractivity contribution < 1.29 is 42.9 Å². The van der Waals surface area contributed by atoms with E-state index >= 15 is 0 Å². The molecule has 0 aromatic carbocycles. The number of carbonyl (C=O) groups excluding carboxylic acids is 4. The second-order valence-electron chi connectivity index (χ2n) is 7.18. The van der Waals surface area contributed by atoms with Crippen LogP contribution in [0.1, 0.15) is 52.9 Å². The molecule has 1 fully saturated rings. The van der Waals surface area contributed by atoms with E-state index in [9.17, 15) is 19.2 Å². The molecule has 3 N–H and O–H groups in total. The fourth-order valence-electron chi connectivity index (χ4n) is 3.02. The second kappa shape index (κ2) is 14.7. The van der Waals surface area contributed by atoms with Gasteiger partial charge in [-0.2, -0.15) is 0 Å². The first-order chi connectivity index (χ1) is 14.7. The highest BCUT2D eigenvalue weighted by Gasteiger charge is 2.44. The predicted octanol–water partition coefficient (Wildman–Crippen LogP) is 0.180. The summed E-state index contributed by atoms with van der Waals surface area (Å²) >= 11 is 0.